The first-order chi connectivity index (χ1) is 19.2. The Kier molecular flexibility index (Phi) is 8.85. The first kappa shape index (κ1) is 28.4. The minimum atomic E-state index is -0.989. The minimum Gasteiger partial charge on any atom is -0.507 e. The summed E-state index contributed by atoms with van der Waals surface area (Å²) < 4.78 is 30.3. The number of ether oxygens (including phenoxy) is 3. The highest BCUT2D eigenvalue weighted by molar-refractivity contribution is 6.11. The molecule has 0 unspecified atom stereocenters. The number of ketones is 1. The van der Waals surface area contributed by atoms with E-state index in [1.165, 1.54) is 62.8 Å². The molecule has 3 aromatic carbocycles. The number of hydrogen-bond donors (Lipinski definition) is 4. The molecule has 4 N–H and O–H groups in total. The summed E-state index contributed by atoms with van der Waals surface area (Å²) in [4.78, 5) is 38.8. The number of halogens is 1. The second-order valence-corrected chi connectivity index (χ2v) is 9.14. The van der Waals surface area contributed by atoms with Gasteiger partial charge in [-0.3, -0.25) is 9.59 Å². The quantitative estimate of drug-likeness (QED) is 0.245. The van der Waals surface area contributed by atoms with E-state index in [1.807, 2.05) is 0 Å². The number of nitrogens with one attached hydrogen (secondary N) is 2. The normalized spacial score (nSPS) is 16.9. The lowest BCUT2D eigenvalue weighted by Gasteiger charge is -2.26. The second-order valence-electron chi connectivity index (χ2n) is 9.14. The molecule has 0 aromatic heterocycles. The van der Waals surface area contributed by atoms with Crippen LogP contribution in [0.4, 0.5) is 4.39 Å². The predicted molar refractivity (Wildman–Crippen MR) is 142 cm³/mol. The molecule has 4 rings (SSSR count). The van der Waals surface area contributed by atoms with E-state index < -0.39 is 46.9 Å². The number of amides is 1. The summed E-state index contributed by atoms with van der Waals surface area (Å²) in [5.74, 6) is -3.52. The van der Waals surface area contributed by atoms with Crippen molar-refractivity contribution in [3.8, 4) is 23.0 Å². The van der Waals surface area contributed by atoms with Gasteiger partial charge in [0.2, 0.25) is 0 Å². The van der Waals surface area contributed by atoms with Crippen LogP contribution in [0.5, 0.6) is 23.0 Å². The molecule has 1 aliphatic heterocycles. The zero-order valence-electron chi connectivity index (χ0n) is 21.9. The van der Waals surface area contributed by atoms with Gasteiger partial charge in [0.1, 0.15) is 17.4 Å². The van der Waals surface area contributed by atoms with Gasteiger partial charge >= 0.3 is 5.97 Å². The molecular weight excluding hydrogens is 523 g/mol. The average molecular weight is 553 g/mol. The van der Waals surface area contributed by atoms with Crippen LogP contribution in [0.2, 0.25) is 0 Å². The molecule has 1 saturated heterocycles. The Bertz CT molecular complexity index is 1410. The monoisotopic (exact) mass is 552 g/mol. The van der Waals surface area contributed by atoms with Crippen molar-refractivity contribution in [2.75, 3.05) is 27.3 Å². The highest BCUT2D eigenvalue weighted by Gasteiger charge is 2.30. The van der Waals surface area contributed by atoms with Gasteiger partial charge in [-0.1, -0.05) is 12.1 Å². The zero-order chi connectivity index (χ0) is 28.8. The van der Waals surface area contributed by atoms with E-state index in [9.17, 15) is 29.0 Å². The Morgan fingerprint density at radius 2 is 1.55 bits per heavy atom. The Hall–Kier alpha value is -4.64. The Morgan fingerprint density at radius 3 is 2.25 bits per heavy atom. The third-order valence-corrected chi connectivity index (χ3v) is 6.59. The second kappa shape index (κ2) is 12.5. The Labute approximate surface area is 229 Å². The molecule has 2 atom stereocenters. The van der Waals surface area contributed by atoms with E-state index in [0.29, 0.717) is 25.9 Å². The van der Waals surface area contributed by atoms with Crippen molar-refractivity contribution in [2.45, 2.75) is 25.0 Å². The van der Waals surface area contributed by atoms with E-state index in [1.54, 1.807) is 0 Å². The summed E-state index contributed by atoms with van der Waals surface area (Å²) in [7, 11) is 2.62. The van der Waals surface area contributed by atoms with E-state index in [4.69, 9.17) is 14.2 Å². The van der Waals surface area contributed by atoms with Crippen molar-refractivity contribution in [1.29, 1.82) is 0 Å². The summed E-state index contributed by atoms with van der Waals surface area (Å²) >= 11 is 0. The van der Waals surface area contributed by atoms with E-state index in [-0.39, 0.29) is 33.9 Å². The van der Waals surface area contributed by atoms with Crippen LogP contribution in [0.1, 0.15) is 49.5 Å². The van der Waals surface area contributed by atoms with Crippen LogP contribution >= 0.6 is 0 Å². The fourth-order valence-electron chi connectivity index (χ4n) is 4.40. The molecular formula is C29H29FN2O8. The Morgan fingerprint density at radius 1 is 0.900 bits per heavy atom. The van der Waals surface area contributed by atoms with Crippen LogP contribution in [0.15, 0.2) is 54.6 Å². The van der Waals surface area contributed by atoms with Gasteiger partial charge in [0, 0.05) is 17.7 Å². The molecule has 1 amide bonds. The van der Waals surface area contributed by atoms with Gasteiger partial charge in [-0.2, -0.15) is 0 Å². The number of carbonyl (C=O) groups is 3. The molecule has 10 nitrogen and oxygen atoms in total. The fraction of sp³-hybridized carbons (Fsp3) is 0.276. The molecule has 0 spiro atoms. The van der Waals surface area contributed by atoms with Crippen molar-refractivity contribution in [3.05, 3.63) is 82.7 Å². The molecule has 210 valence electrons. The number of phenols is 2. The van der Waals surface area contributed by atoms with E-state index >= 15 is 0 Å². The fourth-order valence-corrected chi connectivity index (χ4v) is 4.40. The molecule has 0 radical (unpaired) electrons. The predicted octanol–water partition coefficient (Wildman–Crippen LogP) is 3.19. The van der Waals surface area contributed by atoms with Gasteiger partial charge in [-0.15, -0.1) is 0 Å². The van der Waals surface area contributed by atoms with Gasteiger partial charge < -0.3 is 35.1 Å². The van der Waals surface area contributed by atoms with Crippen LogP contribution in [-0.2, 0) is 4.74 Å². The lowest BCUT2D eigenvalue weighted by atomic mass is 10.00. The van der Waals surface area contributed by atoms with Gasteiger partial charge in [0.05, 0.1) is 25.8 Å². The summed E-state index contributed by atoms with van der Waals surface area (Å²) in [6.07, 6.45) is 0.558. The van der Waals surface area contributed by atoms with Gasteiger partial charge in [-0.05, 0) is 61.9 Å². The maximum Gasteiger partial charge on any atom is 0.338 e. The Balaban J connectivity index is 1.47. The van der Waals surface area contributed by atoms with Crippen LogP contribution in [-0.4, -0.2) is 67.3 Å². The van der Waals surface area contributed by atoms with E-state index in [2.05, 4.69) is 10.6 Å². The summed E-state index contributed by atoms with van der Waals surface area (Å²) in [5, 5.41) is 25.9. The summed E-state index contributed by atoms with van der Waals surface area (Å²) in [6, 6.07) is 11.5. The standard InChI is InChI=1S/C29H29FN2O8/c1-38-23-12-11-21(34)25(26(23)30)27(35)16-5-7-17(8-6-16)29(37)40-22-4-3-13-31-15-19(22)32-28(36)18-9-10-20(33)24(14-18)39-2/h5-12,14,19,22,31,33-34H,3-4,13,15H2,1-2H3,(H,32,36)/t19-,22-/m1/s1. The lowest BCUT2D eigenvalue weighted by Crippen LogP contribution is -2.49. The maximum atomic E-state index is 14.6. The molecule has 0 bridgehead atoms. The number of aromatic hydroxyl groups is 2. The third-order valence-electron chi connectivity index (χ3n) is 6.59. The number of esters is 1. The molecule has 0 saturated carbocycles. The van der Waals surface area contributed by atoms with Crippen molar-refractivity contribution >= 4 is 17.7 Å². The number of rotatable bonds is 8. The van der Waals surface area contributed by atoms with Gasteiger partial charge in [0.25, 0.3) is 5.91 Å². The smallest absolute Gasteiger partial charge is 0.338 e. The van der Waals surface area contributed by atoms with E-state index in [0.717, 1.165) is 6.07 Å². The number of hydrogen-bond acceptors (Lipinski definition) is 9. The highest BCUT2D eigenvalue weighted by Crippen LogP contribution is 2.30. The van der Waals surface area contributed by atoms with Crippen LogP contribution in [0, 0.1) is 5.82 Å². The first-order valence-corrected chi connectivity index (χ1v) is 12.5. The largest absolute Gasteiger partial charge is 0.507 e. The average Bonchev–Trinajstić information content (AvgIpc) is 3.18. The molecule has 1 heterocycles. The third kappa shape index (κ3) is 6.15. The van der Waals surface area contributed by atoms with Crippen molar-refractivity contribution in [2.24, 2.45) is 0 Å². The molecule has 1 fully saturated rings. The number of phenolic OH excluding ortho intramolecular Hbond substituents is 2. The highest BCUT2D eigenvalue weighted by atomic mass is 19.1. The lowest BCUT2D eigenvalue weighted by molar-refractivity contribution is 0.0192. The SMILES string of the molecule is COc1cc(C(=O)N[C@@H]2CNCCC[C@H]2OC(=O)c2ccc(C(=O)c3c(O)ccc(OC)c3F)cc2)ccc1O. The van der Waals surface area contributed by atoms with Crippen LogP contribution in [0.25, 0.3) is 0 Å². The first-order valence-electron chi connectivity index (χ1n) is 12.5. The van der Waals surface area contributed by atoms with Crippen LogP contribution in [0.3, 0.4) is 0 Å². The molecule has 3 aromatic rings. The molecule has 11 heteroatoms. The minimum absolute atomic E-state index is 0.0483. The van der Waals surface area contributed by atoms with Crippen molar-refractivity contribution in [1.82, 2.24) is 10.6 Å². The topological polar surface area (TPSA) is 143 Å². The van der Waals surface area contributed by atoms with Gasteiger partial charge in [0.15, 0.2) is 28.8 Å². The number of methoxy groups -OCH3 is 2. The maximum absolute atomic E-state index is 14.6. The van der Waals surface area contributed by atoms with Gasteiger partial charge in [-0.25, -0.2) is 9.18 Å². The number of benzene rings is 3. The zero-order valence-corrected chi connectivity index (χ0v) is 21.9. The molecule has 40 heavy (non-hydrogen) atoms. The van der Waals surface area contributed by atoms with Crippen molar-refractivity contribution in [3.63, 3.8) is 0 Å². The van der Waals surface area contributed by atoms with Crippen molar-refractivity contribution < 1.29 is 43.2 Å². The molecule has 0 aliphatic carbocycles. The van der Waals surface area contributed by atoms with Crippen LogP contribution < -0.4 is 20.1 Å². The number of carbonyl (C=O) groups excluding carboxylic acids is 3. The molecule has 1 aliphatic rings. The summed E-state index contributed by atoms with van der Waals surface area (Å²) in [6.45, 7) is 1.04. The summed E-state index contributed by atoms with van der Waals surface area (Å²) in [5.41, 5.74) is -0.0715.